The molecule has 16 heteroatoms. The number of nitrogens with zero attached hydrogens (tertiary/aromatic N) is 1. The normalized spacial score (nSPS) is 37.4. The first-order chi connectivity index (χ1) is 34.5. The smallest absolute Gasteiger partial charge is 0.416 e. The van der Waals surface area contributed by atoms with Crippen molar-refractivity contribution < 1.29 is 61.5 Å². The number of allylic oxidation sites excluding steroid dienone is 5. The van der Waals surface area contributed by atoms with E-state index in [-0.39, 0.29) is 42.1 Å². The van der Waals surface area contributed by atoms with Crippen LogP contribution >= 0.6 is 0 Å². The predicted octanol–water partition coefficient (Wildman–Crippen LogP) is 9.25. The molecule has 3 aliphatic heterocycles. The van der Waals surface area contributed by atoms with Gasteiger partial charge in [-0.1, -0.05) is 69.7 Å². The number of aliphatic hydroxyl groups excluding tert-OH is 2. The van der Waals surface area contributed by atoms with Gasteiger partial charge in [0, 0.05) is 44.5 Å². The van der Waals surface area contributed by atoms with E-state index in [1.807, 2.05) is 65.0 Å². The van der Waals surface area contributed by atoms with Crippen LogP contribution in [0.2, 0.25) is 0 Å². The van der Waals surface area contributed by atoms with Crippen LogP contribution in [-0.4, -0.2) is 120 Å². The number of rotatable bonds is 7. The third kappa shape index (κ3) is 16.2. The Balaban J connectivity index is 1.49. The van der Waals surface area contributed by atoms with Gasteiger partial charge in [-0.2, -0.15) is 13.2 Å². The van der Waals surface area contributed by atoms with Gasteiger partial charge in [0.2, 0.25) is 0 Å². The second-order valence-corrected chi connectivity index (χ2v) is 21.8. The van der Waals surface area contributed by atoms with Gasteiger partial charge in [0.25, 0.3) is 11.7 Å². The van der Waals surface area contributed by atoms with Crippen molar-refractivity contribution in [1.82, 2.24) is 4.90 Å². The number of piperidine rings is 1. The predicted molar refractivity (Wildman–Crippen MR) is 275 cm³/mol. The number of carbonyl (C=O) groups is 4. The number of carbonyl (C=O) groups excluding carboxylic acids is 4. The van der Waals surface area contributed by atoms with Gasteiger partial charge >= 0.3 is 12.1 Å². The van der Waals surface area contributed by atoms with Crippen LogP contribution in [0.3, 0.4) is 0 Å². The van der Waals surface area contributed by atoms with Crippen LogP contribution < -0.4 is 11.1 Å². The zero-order chi connectivity index (χ0) is 53.8. The summed E-state index contributed by atoms with van der Waals surface area (Å²) in [5.74, 6) is -3.25. The lowest BCUT2D eigenvalue weighted by atomic mass is 9.78. The SMILES string of the molecule is COC1CC(C[C@@H](C)[C@@H]2CC[C@H](N)/C=C(\C)C(O)[C@@H](OC)C(=O)C(C)C[C@H](C)/C=C/C=C/C=C(\C)C(Nc3ccc(C(F)(F)F)cc3)CC3CCC(C)C(C)(O3)C(=O)C(=O)N3CCCCC3C(=O)O2)CC[C@H]1O. The molecule has 408 valence electrons. The van der Waals surface area contributed by atoms with Crippen molar-refractivity contribution in [1.29, 1.82) is 0 Å². The Morgan fingerprint density at radius 2 is 1.59 bits per heavy atom. The number of esters is 1. The molecule has 0 spiro atoms. The lowest BCUT2D eigenvalue weighted by Crippen LogP contribution is -2.59. The molecular formula is C57H84F3N3O10. The molecule has 3 fully saturated rings. The second-order valence-electron chi connectivity index (χ2n) is 21.8. The number of aliphatic hydroxyl groups is 2. The summed E-state index contributed by atoms with van der Waals surface area (Å²) in [7, 11) is 2.98. The van der Waals surface area contributed by atoms with Crippen LogP contribution in [0.15, 0.2) is 71.9 Å². The molecule has 9 unspecified atom stereocenters. The molecule has 15 atom stereocenters. The number of halogens is 3. The summed E-state index contributed by atoms with van der Waals surface area (Å²) in [5.41, 5.74) is 6.14. The maximum absolute atomic E-state index is 14.7. The molecule has 13 nitrogen and oxygen atoms in total. The van der Waals surface area contributed by atoms with Gasteiger partial charge in [0.15, 0.2) is 5.78 Å². The molecule has 5 N–H and O–H groups in total. The summed E-state index contributed by atoms with van der Waals surface area (Å²) in [6, 6.07) is 2.73. The largest absolute Gasteiger partial charge is 0.461 e. The molecule has 3 heterocycles. The molecule has 1 aliphatic carbocycles. The molecule has 4 aliphatic rings. The van der Waals surface area contributed by atoms with Crippen LogP contribution in [0.25, 0.3) is 0 Å². The number of nitrogens with one attached hydrogen (secondary N) is 1. The number of ether oxygens (including phenoxy) is 4. The van der Waals surface area contributed by atoms with Gasteiger partial charge in [0.05, 0.1) is 23.9 Å². The van der Waals surface area contributed by atoms with Gasteiger partial charge in [-0.3, -0.25) is 14.4 Å². The highest BCUT2D eigenvalue weighted by atomic mass is 19.4. The summed E-state index contributed by atoms with van der Waals surface area (Å²) in [5, 5.41) is 25.4. The van der Waals surface area contributed by atoms with Gasteiger partial charge < -0.3 is 45.1 Å². The monoisotopic (exact) mass is 1030 g/mol. The zero-order valence-corrected chi connectivity index (χ0v) is 44.6. The Morgan fingerprint density at radius 1 is 0.877 bits per heavy atom. The van der Waals surface area contributed by atoms with E-state index < -0.39 is 89.6 Å². The van der Waals surface area contributed by atoms with Crippen molar-refractivity contribution in [3.63, 3.8) is 0 Å². The minimum atomic E-state index is -4.50. The second kappa shape index (κ2) is 27.0. The number of hydrogen-bond donors (Lipinski definition) is 4. The maximum atomic E-state index is 14.7. The van der Waals surface area contributed by atoms with E-state index in [1.54, 1.807) is 27.0 Å². The highest BCUT2D eigenvalue weighted by Crippen LogP contribution is 2.39. The average Bonchev–Trinajstić information content (AvgIpc) is 3.35. The number of ketones is 2. The van der Waals surface area contributed by atoms with Crippen molar-refractivity contribution >= 4 is 29.1 Å². The van der Waals surface area contributed by atoms with E-state index in [0.717, 1.165) is 24.1 Å². The summed E-state index contributed by atoms with van der Waals surface area (Å²) in [4.78, 5) is 58.9. The fraction of sp³-hybridized carbons (Fsp3) is 0.684. The number of nitrogens with two attached hydrogens (primary N) is 1. The topological polar surface area (TPSA) is 187 Å². The molecular weight excluding hydrogens is 944 g/mol. The van der Waals surface area contributed by atoms with Crippen molar-refractivity contribution in [2.75, 3.05) is 26.1 Å². The Hall–Kier alpha value is -4.19. The van der Waals surface area contributed by atoms with Crippen LogP contribution in [0.5, 0.6) is 0 Å². The first-order valence-corrected chi connectivity index (χ1v) is 26.6. The van der Waals surface area contributed by atoms with Crippen molar-refractivity contribution in [2.24, 2.45) is 35.3 Å². The minimum absolute atomic E-state index is 0.0236. The number of methoxy groups -OCH3 is 2. The van der Waals surface area contributed by atoms with E-state index >= 15 is 0 Å². The Labute approximate surface area is 431 Å². The number of hydrogen-bond acceptors (Lipinski definition) is 12. The molecule has 1 aromatic rings. The zero-order valence-electron chi connectivity index (χ0n) is 44.6. The molecule has 0 aromatic heterocycles. The number of anilines is 1. The molecule has 1 amide bonds. The van der Waals surface area contributed by atoms with E-state index in [2.05, 4.69) is 5.32 Å². The molecule has 2 saturated heterocycles. The number of alkyl halides is 3. The number of amides is 1. The standard InChI is InChI=1S/C57H84F3N3O10/c1-34-15-11-10-12-16-35(2)45(62-43-23-20-41(21-24-43)57(58,59)60)33-44-25-18-39(6)56(7,73-44)53(67)54(68)63-28-14-13-17-46(63)55(69)72-48(36(3)30-40-19-26-47(64)49(32-40)70-8)27-22-42(61)31-38(5)51(66)52(71-9)50(65)37(4)29-34/h10-12,15-16,20-21,23-24,31,34,36-37,39-40,42,44-49,51-52,62,64,66H,13-14,17-19,22,25-30,32-33,61H2,1-9H3/b12-10+,15-11+,35-16+,38-31+/t34-,36-,37?,39?,40?,42+,44?,45?,46?,47-,48+,49?,51?,52+,56?/m1/s1. The highest BCUT2D eigenvalue weighted by Gasteiger charge is 2.51. The molecule has 1 aromatic carbocycles. The summed E-state index contributed by atoms with van der Waals surface area (Å²) < 4.78 is 64.9. The van der Waals surface area contributed by atoms with Crippen molar-refractivity contribution in [3.05, 3.63) is 77.4 Å². The quantitative estimate of drug-likeness (QED) is 0.115. The number of cyclic esters (lactones) is 1. The summed E-state index contributed by atoms with van der Waals surface area (Å²) >= 11 is 0. The fourth-order valence-electron chi connectivity index (χ4n) is 11.2. The van der Waals surface area contributed by atoms with Crippen LogP contribution in [0.1, 0.15) is 138 Å². The third-order valence-electron chi connectivity index (χ3n) is 16.1. The molecule has 0 radical (unpaired) electrons. The maximum Gasteiger partial charge on any atom is 0.416 e. The third-order valence-corrected chi connectivity index (χ3v) is 16.1. The summed E-state index contributed by atoms with van der Waals surface area (Å²) in [6.07, 6.45) is 9.05. The van der Waals surface area contributed by atoms with Crippen molar-refractivity contribution in [2.45, 2.75) is 198 Å². The molecule has 1 saturated carbocycles. The van der Waals surface area contributed by atoms with E-state index in [9.17, 15) is 42.6 Å². The fourth-order valence-corrected chi connectivity index (χ4v) is 11.2. The highest BCUT2D eigenvalue weighted by molar-refractivity contribution is 6.39. The van der Waals surface area contributed by atoms with Gasteiger partial charge in [0.1, 0.15) is 30.0 Å². The van der Waals surface area contributed by atoms with Crippen molar-refractivity contribution in [3.8, 4) is 0 Å². The van der Waals surface area contributed by atoms with Crippen LogP contribution in [-0.2, 0) is 44.3 Å². The van der Waals surface area contributed by atoms with Crippen LogP contribution in [0, 0.1) is 29.6 Å². The molecule has 2 bridgehead atoms. The minimum Gasteiger partial charge on any atom is -0.461 e. The Kier molecular flexibility index (Phi) is 22.1. The number of fused-ring (bicyclic) bond motifs is 3. The molecule has 5 rings (SSSR count). The van der Waals surface area contributed by atoms with Gasteiger partial charge in [-0.25, -0.2) is 4.79 Å². The first-order valence-electron chi connectivity index (χ1n) is 26.6. The summed E-state index contributed by atoms with van der Waals surface area (Å²) in [6.45, 7) is 13.1. The number of benzene rings is 1. The van der Waals surface area contributed by atoms with E-state index in [0.29, 0.717) is 88.3 Å². The van der Waals surface area contributed by atoms with Crippen LogP contribution in [0.4, 0.5) is 18.9 Å². The first kappa shape index (κ1) is 59.7. The Bertz CT molecular complexity index is 2130. The van der Waals surface area contributed by atoms with Gasteiger partial charge in [-0.05, 0) is 158 Å². The van der Waals surface area contributed by atoms with Gasteiger partial charge in [-0.15, -0.1) is 0 Å². The molecule has 73 heavy (non-hydrogen) atoms. The lowest BCUT2D eigenvalue weighted by Gasteiger charge is -2.44. The average molecular weight is 1030 g/mol. The Morgan fingerprint density at radius 3 is 2.26 bits per heavy atom. The number of Topliss-reactive ketones (excluding diaryl/α,β-unsaturated/α-hetero) is 2. The van der Waals surface area contributed by atoms with E-state index in [4.69, 9.17) is 24.7 Å². The lowest BCUT2D eigenvalue weighted by molar-refractivity contribution is -0.183. The van der Waals surface area contributed by atoms with E-state index in [1.165, 1.54) is 24.1 Å².